The van der Waals surface area contributed by atoms with Gasteiger partial charge in [-0.15, -0.1) is 0 Å². The highest BCUT2D eigenvalue weighted by atomic mass is 14.1. The standard InChI is InChI=1S/C16H30/c1-3-15(2)11-7-6-10-14-16-12-8-4-5-9-13-16/h10,14-16H,3-9,11-13H2,1-2H3. The van der Waals surface area contributed by atoms with Crippen LogP contribution in [0.25, 0.3) is 0 Å². The van der Waals surface area contributed by atoms with E-state index in [1.165, 1.54) is 64.2 Å². The zero-order chi connectivity index (χ0) is 11.6. The molecule has 0 bridgehead atoms. The molecule has 0 N–H and O–H groups in total. The lowest BCUT2D eigenvalue weighted by atomic mass is 9.98. The molecule has 0 spiro atoms. The van der Waals surface area contributed by atoms with Crippen molar-refractivity contribution >= 4 is 0 Å². The average Bonchev–Trinajstić information content (AvgIpc) is 2.57. The summed E-state index contributed by atoms with van der Waals surface area (Å²) in [5.74, 6) is 1.83. The van der Waals surface area contributed by atoms with Crippen LogP contribution in [0.5, 0.6) is 0 Å². The van der Waals surface area contributed by atoms with Crippen molar-refractivity contribution in [2.75, 3.05) is 0 Å². The summed E-state index contributed by atoms with van der Waals surface area (Å²) in [7, 11) is 0. The monoisotopic (exact) mass is 222 g/mol. The highest BCUT2D eigenvalue weighted by Gasteiger charge is 2.08. The molecule has 0 heterocycles. The molecule has 0 amide bonds. The van der Waals surface area contributed by atoms with E-state index >= 15 is 0 Å². The molecule has 1 rings (SSSR count). The Labute approximate surface area is 103 Å². The van der Waals surface area contributed by atoms with E-state index in [2.05, 4.69) is 26.0 Å². The Bertz CT molecular complexity index is 172. The van der Waals surface area contributed by atoms with Crippen molar-refractivity contribution in [1.29, 1.82) is 0 Å². The maximum Gasteiger partial charge on any atom is -0.0234 e. The Morgan fingerprint density at radius 2 is 1.81 bits per heavy atom. The molecule has 0 saturated heterocycles. The van der Waals surface area contributed by atoms with Crippen LogP contribution in [0.1, 0.15) is 78.1 Å². The maximum atomic E-state index is 2.52. The van der Waals surface area contributed by atoms with Crippen LogP contribution in [-0.2, 0) is 0 Å². The molecule has 1 saturated carbocycles. The molecular formula is C16H30. The van der Waals surface area contributed by atoms with Gasteiger partial charge in [-0.25, -0.2) is 0 Å². The van der Waals surface area contributed by atoms with Crippen LogP contribution in [-0.4, -0.2) is 0 Å². The van der Waals surface area contributed by atoms with E-state index in [4.69, 9.17) is 0 Å². The van der Waals surface area contributed by atoms with Crippen molar-refractivity contribution < 1.29 is 0 Å². The van der Waals surface area contributed by atoms with Gasteiger partial charge >= 0.3 is 0 Å². The largest absolute Gasteiger partial charge is 0.0883 e. The Morgan fingerprint density at radius 3 is 2.44 bits per heavy atom. The lowest BCUT2D eigenvalue weighted by Gasteiger charge is -2.08. The first-order valence-corrected chi connectivity index (χ1v) is 7.49. The molecule has 94 valence electrons. The van der Waals surface area contributed by atoms with Gasteiger partial charge in [0.25, 0.3) is 0 Å². The molecule has 0 radical (unpaired) electrons. The molecule has 1 fully saturated rings. The highest BCUT2D eigenvalue weighted by Crippen LogP contribution is 2.24. The van der Waals surface area contributed by atoms with Crippen LogP contribution in [0.4, 0.5) is 0 Å². The Hall–Kier alpha value is -0.260. The van der Waals surface area contributed by atoms with Gasteiger partial charge in [-0.05, 0) is 37.5 Å². The summed E-state index contributed by atoms with van der Waals surface area (Å²) in [5, 5.41) is 0. The Morgan fingerprint density at radius 1 is 1.12 bits per heavy atom. The number of hydrogen-bond acceptors (Lipinski definition) is 0. The molecule has 0 nitrogen and oxygen atoms in total. The molecule has 1 unspecified atom stereocenters. The minimum atomic E-state index is 0.908. The number of hydrogen-bond donors (Lipinski definition) is 0. The molecule has 1 aliphatic carbocycles. The van der Waals surface area contributed by atoms with E-state index in [0.29, 0.717) is 0 Å². The first-order valence-electron chi connectivity index (χ1n) is 7.49. The molecule has 0 aliphatic heterocycles. The van der Waals surface area contributed by atoms with Gasteiger partial charge < -0.3 is 0 Å². The van der Waals surface area contributed by atoms with Crippen LogP contribution in [0, 0.1) is 11.8 Å². The quantitative estimate of drug-likeness (QED) is 0.306. The van der Waals surface area contributed by atoms with E-state index in [9.17, 15) is 0 Å². The fourth-order valence-electron chi connectivity index (χ4n) is 2.58. The summed E-state index contributed by atoms with van der Waals surface area (Å²) in [6.45, 7) is 4.67. The van der Waals surface area contributed by atoms with Gasteiger partial charge in [0.2, 0.25) is 0 Å². The Kier molecular flexibility index (Phi) is 7.63. The third-order valence-electron chi connectivity index (χ3n) is 4.07. The highest BCUT2D eigenvalue weighted by molar-refractivity contribution is 4.89. The predicted molar refractivity (Wildman–Crippen MR) is 73.6 cm³/mol. The van der Waals surface area contributed by atoms with Crippen molar-refractivity contribution in [2.24, 2.45) is 11.8 Å². The van der Waals surface area contributed by atoms with Crippen LogP contribution < -0.4 is 0 Å². The predicted octanol–water partition coefficient (Wildman–Crippen LogP) is 5.73. The minimum absolute atomic E-state index is 0.908. The van der Waals surface area contributed by atoms with Crippen molar-refractivity contribution in [3.8, 4) is 0 Å². The average molecular weight is 222 g/mol. The van der Waals surface area contributed by atoms with Crippen molar-refractivity contribution in [1.82, 2.24) is 0 Å². The van der Waals surface area contributed by atoms with Crippen LogP contribution in [0.3, 0.4) is 0 Å². The van der Waals surface area contributed by atoms with Crippen molar-refractivity contribution in [3.63, 3.8) is 0 Å². The third-order valence-corrected chi connectivity index (χ3v) is 4.07. The summed E-state index contributed by atoms with van der Waals surface area (Å²) in [5.41, 5.74) is 0. The molecule has 16 heavy (non-hydrogen) atoms. The fraction of sp³-hybridized carbons (Fsp3) is 0.875. The smallest absolute Gasteiger partial charge is 0.0234 e. The minimum Gasteiger partial charge on any atom is -0.0883 e. The van der Waals surface area contributed by atoms with Gasteiger partial charge in [0, 0.05) is 0 Å². The lowest BCUT2D eigenvalue weighted by Crippen LogP contribution is -1.93. The van der Waals surface area contributed by atoms with Crippen LogP contribution in [0.2, 0.25) is 0 Å². The zero-order valence-electron chi connectivity index (χ0n) is 11.4. The molecule has 1 aliphatic rings. The topological polar surface area (TPSA) is 0 Å². The van der Waals surface area contributed by atoms with E-state index in [0.717, 1.165) is 11.8 Å². The van der Waals surface area contributed by atoms with Gasteiger partial charge in [0.1, 0.15) is 0 Å². The number of unbranched alkanes of at least 4 members (excludes halogenated alkanes) is 1. The van der Waals surface area contributed by atoms with E-state index in [1.54, 1.807) is 0 Å². The third kappa shape index (κ3) is 6.35. The first kappa shape index (κ1) is 13.8. The summed E-state index contributed by atoms with van der Waals surface area (Å²) in [4.78, 5) is 0. The SMILES string of the molecule is CCC(C)CCCC=CC1CCCCCC1. The van der Waals surface area contributed by atoms with E-state index < -0.39 is 0 Å². The summed E-state index contributed by atoms with van der Waals surface area (Å²) < 4.78 is 0. The second kappa shape index (κ2) is 8.84. The van der Waals surface area contributed by atoms with Gasteiger partial charge in [0.15, 0.2) is 0 Å². The molecule has 0 aromatic heterocycles. The number of rotatable bonds is 6. The Balaban J connectivity index is 2.06. The van der Waals surface area contributed by atoms with Gasteiger partial charge in [-0.1, -0.05) is 64.5 Å². The maximum absolute atomic E-state index is 2.52. The van der Waals surface area contributed by atoms with Crippen molar-refractivity contribution in [3.05, 3.63) is 12.2 Å². The zero-order valence-corrected chi connectivity index (χ0v) is 11.4. The van der Waals surface area contributed by atoms with Gasteiger partial charge in [-0.3, -0.25) is 0 Å². The van der Waals surface area contributed by atoms with E-state index in [1.807, 2.05) is 0 Å². The summed E-state index contributed by atoms with van der Waals surface area (Å²) in [6, 6.07) is 0. The fourth-order valence-corrected chi connectivity index (χ4v) is 2.58. The second-order valence-electron chi connectivity index (χ2n) is 5.62. The van der Waals surface area contributed by atoms with E-state index in [-0.39, 0.29) is 0 Å². The lowest BCUT2D eigenvalue weighted by molar-refractivity contribution is 0.497. The molecule has 0 aromatic rings. The van der Waals surface area contributed by atoms with Gasteiger partial charge in [-0.2, -0.15) is 0 Å². The van der Waals surface area contributed by atoms with Crippen LogP contribution >= 0.6 is 0 Å². The van der Waals surface area contributed by atoms with Gasteiger partial charge in [0.05, 0.1) is 0 Å². The molecule has 1 atom stereocenters. The second-order valence-corrected chi connectivity index (χ2v) is 5.62. The van der Waals surface area contributed by atoms with Crippen molar-refractivity contribution in [2.45, 2.75) is 78.1 Å². The summed E-state index contributed by atoms with van der Waals surface area (Å²) >= 11 is 0. The summed E-state index contributed by atoms with van der Waals surface area (Å²) in [6.07, 6.45) is 19.2. The number of allylic oxidation sites excluding steroid dienone is 2. The molecular weight excluding hydrogens is 192 g/mol. The van der Waals surface area contributed by atoms with Crippen LogP contribution in [0.15, 0.2) is 12.2 Å². The molecule has 0 aromatic carbocycles. The first-order chi connectivity index (χ1) is 7.83. The molecule has 0 heteroatoms. The normalized spacial score (nSPS) is 21.1.